The van der Waals surface area contributed by atoms with Gasteiger partial charge in [0.05, 0.1) is 24.9 Å². The van der Waals surface area contributed by atoms with Crippen LogP contribution in [0.25, 0.3) is 0 Å². The van der Waals surface area contributed by atoms with Crippen LogP contribution in [0.15, 0.2) is 24.5 Å². The Balaban J connectivity index is 1.41. The van der Waals surface area contributed by atoms with Crippen molar-refractivity contribution in [2.75, 3.05) is 30.5 Å². The molecule has 2 aromatic heterocycles. The molecule has 2 aromatic rings. The summed E-state index contributed by atoms with van der Waals surface area (Å²) in [5.74, 6) is 0.623. The summed E-state index contributed by atoms with van der Waals surface area (Å²) < 4.78 is 50.7. The van der Waals surface area contributed by atoms with Gasteiger partial charge in [-0.05, 0) is 37.5 Å². The van der Waals surface area contributed by atoms with Gasteiger partial charge in [-0.2, -0.15) is 18.2 Å². The van der Waals surface area contributed by atoms with Gasteiger partial charge in [0, 0.05) is 18.9 Å². The van der Waals surface area contributed by atoms with E-state index in [0.29, 0.717) is 6.61 Å². The van der Waals surface area contributed by atoms with E-state index in [2.05, 4.69) is 20.3 Å². The summed E-state index contributed by atoms with van der Waals surface area (Å²) in [6, 6.07) is 2.20. The third-order valence-corrected chi connectivity index (χ3v) is 5.21. The number of hydrogen-bond acceptors (Lipinski definition) is 7. The number of pyridine rings is 1. The van der Waals surface area contributed by atoms with Gasteiger partial charge in [0.2, 0.25) is 5.95 Å². The zero-order valence-electron chi connectivity index (χ0n) is 16.1. The number of fused-ring (bicyclic) bond motifs is 1. The standard InChI is InChI=1S/C19H22F3N5O2/c1-11-7-12(5-6-23-11)14-4-3-13(9-28-14)25-18-24-8-15-17(26-18)27(2)16(10-29-15)19(20,21)22/h5-8,13-14,16H,3-4,9-10H2,1-2H3,(H,24,25,26). The van der Waals surface area contributed by atoms with Gasteiger partial charge in [0.25, 0.3) is 0 Å². The van der Waals surface area contributed by atoms with E-state index in [-0.39, 0.29) is 29.7 Å². The van der Waals surface area contributed by atoms with Crippen molar-refractivity contribution in [1.29, 1.82) is 0 Å². The Morgan fingerprint density at radius 3 is 2.72 bits per heavy atom. The zero-order chi connectivity index (χ0) is 20.6. The van der Waals surface area contributed by atoms with Gasteiger partial charge < -0.3 is 19.7 Å². The van der Waals surface area contributed by atoms with Crippen LogP contribution >= 0.6 is 0 Å². The molecule has 0 bridgehead atoms. The first-order valence-electron chi connectivity index (χ1n) is 9.41. The van der Waals surface area contributed by atoms with Crippen LogP contribution in [-0.4, -0.2) is 53.5 Å². The summed E-state index contributed by atoms with van der Waals surface area (Å²) in [5, 5.41) is 3.17. The normalized spacial score (nSPS) is 24.6. The lowest BCUT2D eigenvalue weighted by molar-refractivity contribution is -0.155. The summed E-state index contributed by atoms with van der Waals surface area (Å²) in [4.78, 5) is 13.7. The minimum absolute atomic E-state index is 0.00581. The van der Waals surface area contributed by atoms with E-state index >= 15 is 0 Å². The molecule has 2 aliphatic heterocycles. The number of ether oxygens (including phenoxy) is 2. The van der Waals surface area contributed by atoms with Crippen LogP contribution in [-0.2, 0) is 4.74 Å². The van der Waals surface area contributed by atoms with Crippen molar-refractivity contribution in [1.82, 2.24) is 15.0 Å². The molecule has 1 N–H and O–H groups in total. The summed E-state index contributed by atoms with van der Waals surface area (Å²) in [6.07, 6.45) is 0.412. The number of nitrogens with one attached hydrogen (secondary N) is 1. The van der Waals surface area contributed by atoms with Crippen molar-refractivity contribution in [2.45, 2.75) is 44.1 Å². The quantitative estimate of drug-likeness (QED) is 0.834. The van der Waals surface area contributed by atoms with E-state index in [1.54, 1.807) is 6.20 Å². The second-order valence-electron chi connectivity index (χ2n) is 7.33. The van der Waals surface area contributed by atoms with Crippen molar-refractivity contribution >= 4 is 11.8 Å². The first-order chi connectivity index (χ1) is 13.8. The number of nitrogens with zero attached hydrogens (tertiary/aromatic N) is 4. The van der Waals surface area contributed by atoms with E-state index in [4.69, 9.17) is 9.47 Å². The van der Waals surface area contributed by atoms with Crippen molar-refractivity contribution in [3.8, 4) is 5.75 Å². The van der Waals surface area contributed by atoms with Crippen molar-refractivity contribution in [3.63, 3.8) is 0 Å². The average Bonchev–Trinajstić information content (AvgIpc) is 2.68. The van der Waals surface area contributed by atoms with Crippen LogP contribution in [0.2, 0.25) is 0 Å². The molecule has 10 heteroatoms. The Kier molecular flexibility index (Phi) is 5.20. The SMILES string of the molecule is Cc1cc(C2CCC(Nc3ncc4c(n3)N(C)C(C(F)(F)F)CO4)CO2)ccn1. The topological polar surface area (TPSA) is 72.4 Å². The van der Waals surface area contributed by atoms with Gasteiger partial charge in [0.1, 0.15) is 6.61 Å². The Morgan fingerprint density at radius 2 is 2.03 bits per heavy atom. The van der Waals surface area contributed by atoms with Crippen LogP contribution in [0.1, 0.15) is 30.2 Å². The number of aryl methyl sites for hydroxylation is 1. The van der Waals surface area contributed by atoms with Crippen LogP contribution in [0, 0.1) is 6.92 Å². The predicted octanol–water partition coefficient (Wildman–Crippen LogP) is 3.27. The Bertz CT molecular complexity index is 871. The van der Waals surface area contributed by atoms with Gasteiger partial charge in [-0.1, -0.05) is 0 Å². The van der Waals surface area contributed by atoms with Crippen LogP contribution in [0.5, 0.6) is 5.75 Å². The molecule has 2 aliphatic rings. The largest absolute Gasteiger partial charge is 0.486 e. The third kappa shape index (κ3) is 4.21. The molecule has 7 nitrogen and oxygen atoms in total. The number of likely N-dealkylation sites (N-methyl/N-ethyl adjacent to an activating group) is 1. The highest BCUT2D eigenvalue weighted by atomic mass is 19.4. The van der Waals surface area contributed by atoms with Gasteiger partial charge in [-0.25, -0.2) is 4.98 Å². The maximum Gasteiger partial charge on any atom is 0.412 e. The Hall–Kier alpha value is -2.62. The fraction of sp³-hybridized carbons (Fsp3) is 0.526. The molecule has 3 unspecified atom stereocenters. The molecule has 1 fully saturated rings. The smallest absolute Gasteiger partial charge is 0.412 e. The Morgan fingerprint density at radius 1 is 1.21 bits per heavy atom. The van der Waals surface area contributed by atoms with Crippen LogP contribution < -0.4 is 15.0 Å². The maximum absolute atomic E-state index is 13.2. The monoisotopic (exact) mass is 409 g/mol. The molecule has 4 rings (SSSR count). The Labute approximate surface area is 166 Å². The maximum atomic E-state index is 13.2. The van der Waals surface area contributed by atoms with Gasteiger partial charge in [-0.3, -0.25) is 4.98 Å². The average molecular weight is 409 g/mol. The predicted molar refractivity (Wildman–Crippen MR) is 100 cm³/mol. The van der Waals surface area contributed by atoms with Gasteiger partial charge in [0.15, 0.2) is 17.6 Å². The molecule has 0 spiro atoms. The molecule has 0 amide bonds. The minimum Gasteiger partial charge on any atom is -0.486 e. The fourth-order valence-electron chi connectivity index (χ4n) is 3.61. The van der Waals surface area contributed by atoms with E-state index in [9.17, 15) is 13.2 Å². The van der Waals surface area contributed by atoms with Crippen molar-refractivity contribution < 1.29 is 22.6 Å². The van der Waals surface area contributed by atoms with E-state index < -0.39 is 18.8 Å². The van der Waals surface area contributed by atoms with Crippen molar-refractivity contribution in [2.24, 2.45) is 0 Å². The van der Waals surface area contributed by atoms with Gasteiger partial charge >= 0.3 is 6.18 Å². The fourth-order valence-corrected chi connectivity index (χ4v) is 3.61. The molecule has 156 valence electrons. The second kappa shape index (κ2) is 7.66. The lowest BCUT2D eigenvalue weighted by Crippen LogP contribution is -2.50. The highest BCUT2D eigenvalue weighted by Gasteiger charge is 2.46. The van der Waals surface area contributed by atoms with E-state index in [1.165, 1.54) is 13.2 Å². The molecular weight excluding hydrogens is 387 g/mol. The molecule has 0 aromatic carbocycles. The number of alkyl halides is 3. The molecule has 29 heavy (non-hydrogen) atoms. The van der Waals surface area contributed by atoms with Gasteiger partial charge in [-0.15, -0.1) is 0 Å². The first-order valence-corrected chi connectivity index (χ1v) is 9.41. The molecule has 0 radical (unpaired) electrons. The summed E-state index contributed by atoms with van der Waals surface area (Å²) >= 11 is 0. The summed E-state index contributed by atoms with van der Waals surface area (Å²) in [6.45, 7) is 1.91. The molecule has 1 saturated heterocycles. The second-order valence-corrected chi connectivity index (χ2v) is 7.33. The first kappa shape index (κ1) is 19.7. The highest BCUT2D eigenvalue weighted by Crippen LogP contribution is 2.37. The van der Waals surface area contributed by atoms with Crippen molar-refractivity contribution in [3.05, 3.63) is 35.8 Å². The highest BCUT2D eigenvalue weighted by molar-refractivity contribution is 5.56. The lowest BCUT2D eigenvalue weighted by Gasteiger charge is -2.35. The number of halogens is 3. The molecule has 0 saturated carbocycles. The number of hydrogen-bond donors (Lipinski definition) is 1. The minimum atomic E-state index is -4.40. The zero-order valence-corrected chi connectivity index (χ0v) is 16.1. The van der Waals surface area contributed by atoms with Crippen LogP contribution in [0.3, 0.4) is 0 Å². The molecule has 0 aliphatic carbocycles. The molecular formula is C19H22F3N5O2. The molecule has 4 heterocycles. The number of aromatic nitrogens is 3. The number of rotatable bonds is 3. The van der Waals surface area contributed by atoms with Crippen LogP contribution in [0.4, 0.5) is 24.9 Å². The van der Waals surface area contributed by atoms with E-state index in [0.717, 1.165) is 29.0 Å². The third-order valence-electron chi connectivity index (χ3n) is 5.21. The lowest BCUT2D eigenvalue weighted by atomic mass is 9.99. The molecule has 3 atom stereocenters. The summed E-state index contributed by atoms with van der Waals surface area (Å²) in [5.41, 5.74) is 2.04. The summed E-state index contributed by atoms with van der Waals surface area (Å²) in [7, 11) is 1.36. The van der Waals surface area contributed by atoms with E-state index in [1.807, 2.05) is 19.1 Å². The number of anilines is 2.